The average molecular weight is 240 g/mol. The van der Waals surface area contributed by atoms with Crippen molar-refractivity contribution in [3.63, 3.8) is 0 Å². The molecule has 5 heteroatoms. The lowest BCUT2D eigenvalue weighted by Gasteiger charge is -2.01. The van der Waals surface area contributed by atoms with Crippen LogP contribution in [0.5, 0.6) is 0 Å². The first kappa shape index (κ1) is 11.0. The summed E-state index contributed by atoms with van der Waals surface area (Å²) in [7, 11) is 0. The third-order valence-corrected chi connectivity index (χ3v) is 3.23. The second-order valence-electron chi connectivity index (χ2n) is 3.27. The van der Waals surface area contributed by atoms with Crippen LogP contribution in [-0.2, 0) is 6.42 Å². The first-order valence-electron chi connectivity index (χ1n) is 4.83. The van der Waals surface area contributed by atoms with Crippen LogP contribution < -0.4 is 5.73 Å². The van der Waals surface area contributed by atoms with Gasteiger partial charge in [0.2, 0.25) is 0 Å². The van der Waals surface area contributed by atoms with E-state index >= 15 is 0 Å². The summed E-state index contributed by atoms with van der Waals surface area (Å²) in [6.07, 6.45) is 0.699. The number of aromatic nitrogens is 1. The van der Waals surface area contributed by atoms with Crippen molar-refractivity contribution < 1.29 is 8.78 Å². The molecule has 0 aliphatic heterocycles. The molecule has 2 nitrogen and oxygen atoms in total. The standard InChI is InChI=1S/C11H10F2N2S/c1-2-8-15-10(11(14)16-8)9-6(12)4-3-5-7(9)13/h3-5H,2,14H2,1H3. The molecule has 0 bridgehead atoms. The fourth-order valence-corrected chi connectivity index (χ4v) is 2.21. The van der Waals surface area contributed by atoms with Gasteiger partial charge in [0.25, 0.3) is 0 Å². The average Bonchev–Trinajstić information content (AvgIpc) is 2.60. The van der Waals surface area contributed by atoms with Crippen LogP contribution in [-0.4, -0.2) is 4.98 Å². The molecule has 0 fully saturated rings. The lowest BCUT2D eigenvalue weighted by molar-refractivity contribution is 0.589. The SMILES string of the molecule is CCc1nc(-c2c(F)cccc2F)c(N)s1. The molecule has 0 saturated carbocycles. The Morgan fingerprint density at radius 1 is 1.31 bits per heavy atom. The zero-order valence-electron chi connectivity index (χ0n) is 8.63. The van der Waals surface area contributed by atoms with Gasteiger partial charge in [0.15, 0.2) is 0 Å². The van der Waals surface area contributed by atoms with E-state index in [0.29, 0.717) is 11.4 Å². The zero-order chi connectivity index (χ0) is 11.7. The van der Waals surface area contributed by atoms with Crippen molar-refractivity contribution in [2.45, 2.75) is 13.3 Å². The van der Waals surface area contributed by atoms with Gasteiger partial charge in [0.1, 0.15) is 22.3 Å². The van der Waals surface area contributed by atoms with Crippen LogP contribution in [0.25, 0.3) is 11.3 Å². The normalized spacial score (nSPS) is 10.7. The molecule has 2 rings (SSSR count). The van der Waals surface area contributed by atoms with Gasteiger partial charge in [-0.15, -0.1) is 11.3 Å². The molecule has 2 N–H and O–H groups in total. The summed E-state index contributed by atoms with van der Waals surface area (Å²) >= 11 is 1.26. The van der Waals surface area contributed by atoms with Gasteiger partial charge in [0.05, 0.1) is 10.6 Å². The molecule has 0 spiro atoms. The second kappa shape index (κ2) is 4.17. The van der Waals surface area contributed by atoms with Crippen LogP contribution in [0.1, 0.15) is 11.9 Å². The van der Waals surface area contributed by atoms with Gasteiger partial charge >= 0.3 is 0 Å². The van der Waals surface area contributed by atoms with E-state index in [1.165, 1.54) is 29.5 Å². The molecule has 1 aromatic carbocycles. The highest BCUT2D eigenvalue weighted by atomic mass is 32.1. The minimum Gasteiger partial charge on any atom is -0.389 e. The van der Waals surface area contributed by atoms with Crippen molar-refractivity contribution >= 4 is 16.3 Å². The van der Waals surface area contributed by atoms with Crippen molar-refractivity contribution in [2.24, 2.45) is 0 Å². The quantitative estimate of drug-likeness (QED) is 0.875. The molecule has 0 saturated heterocycles. The van der Waals surface area contributed by atoms with E-state index in [2.05, 4.69) is 4.98 Å². The minimum atomic E-state index is -0.639. The van der Waals surface area contributed by atoms with Gasteiger partial charge in [-0.2, -0.15) is 0 Å². The molecule has 0 atom stereocenters. The van der Waals surface area contributed by atoms with Gasteiger partial charge in [-0.1, -0.05) is 13.0 Å². The topological polar surface area (TPSA) is 38.9 Å². The Bertz CT molecular complexity index is 502. The number of thiazole rings is 1. The monoisotopic (exact) mass is 240 g/mol. The number of halogens is 2. The number of hydrogen-bond donors (Lipinski definition) is 1. The van der Waals surface area contributed by atoms with Gasteiger partial charge in [-0.3, -0.25) is 0 Å². The van der Waals surface area contributed by atoms with E-state index in [0.717, 1.165) is 5.01 Å². The number of aryl methyl sites for hydroxylation is 1. The third-order valence-electron chi connectivity index (χ3n) is 2.20. The molecule has 16 heavy (non-hydrogen) atoms. The Labute approximate surface area is 95.7 Å². The highest BCUT2D eigenvalue weighted by molar-refractivity contribution is 7.16. The zero-order valence-corrected chi connectivity index (χ0v) is 9.44. The summed E-state index contributed by atoms with van der Waals surface area (Å²) in [5.74, 6) is -1.28. The maximum Gasteiger partial charge on any atom is 0.135 e. The number of rotatable bonds is 2. The maximum atomic E-state index is 13.5. The van der Waals surface area contributed by atoms with Crippen molar-refractivity contribution in [2.75, 3.05) is 5.73 Å². The first-order valence-corrected chi connectivity index (χ1v) is 5.64. The second-order valence-corrected chi connectivity index (χ2v) is 4.39. The number of nitrogens with zero attached hydrogens (tertiary/aromatic N) is 1. The smallest absolute Gasteiger partial charge is 0.135 e. The number of nitrogen functional groups attached to an aromatic ring is 1. The molecule has 1 aromatic heterocycles. The number of nitrogens with two attached hydrogens (primary N) is 1. The van der Waals surface area contributed by atoms with Crippen LogP contribution in [0.2, 0.25) is 0 Å². The maximum absolute atomic E-state index is 13.5. The van der Waals surface area contributed by atoms with E-state index in [1.807, 2.05) is 6.92 Å². The lowest BCUT2D eigenvalue weighted by Crippen LogP contribution is -1.93. The molecule has 84 valence electrons. The van der Waals surface area contributed by atoms with Crippen molar-refractivity contribution in [3.05, 3.63) is 34.8 Å². The lowest BCUT2D eigenvalue weighted by atomic mass is 10.1. The van der Waals surface area contributed by atoms with E-state index in [1.54, 1.807) is 0 Å². The van der Waals surface area contributed by atoms with Crippen LogP contribution in [0.4, 0.5) is 13.8 Å². The van der Waals surface area contributed by atoms with Gasteiger partial charge in [-0.25, -0.2) is 13.8 Å². The van der Waals surface area contributed by atoms with Gasteiger partial charge in [-0.05, 0) is 18.6 Å². The Morgan fingerprint density at radius 2 is 1.94 bits per heavy atom. The molecule has 0 aliphatic rings. The summed E-state index contributed by atoms with van der Waals surface area (Å²) in [5.41, 5.74) is 5.77. The molecule has 0 aliphatic carbocycles. The summed E-state index contributed by atoms with van der Waals surface area (Å²) in [6, 6.07) is 3.71. The molecular weight excluding hydrogens is 230 g/mol. The van der Waals surface area contributed by atoms with Gasteiger partial charge < -0.3 is 5.73 Å². The summed E-state index contributed by atoms with van der Waals surface area (Å²) in [4.78, 5) is 4.13. The van der Waals surface area contributed by atoms with Crippen molar-refractivity contribution in [3.8, 4) is 11.3 Å². The van der Waals surface area contributed by atoms with Crippen LogP contribution in [0.3, 0.4) is 0 Å². The molecule has 2 aromatic rings. The minimum absolute atomic E-state index is 0.143. The largest absolute Gasteiger partial charge is 0.389 e. The van der Waals surface area contributed by atoms with Crippen LogP contribution in [0, 0.1) is 11.6 Å². The van der Waals surface area contributed by atoms with Crippen molar-refractivity contribution in [1.82, 2.24) is 4.98 Å². The highest BCUT2D eigenvalue weighted by Crippen LogP contribution is 2.33. The predicted molar refractivity (Wildman–Crippen MR) is 61.3 cm³/mol. The summed E-state index contributed by atoms with van der Waals surface area (Å²) in [5, 5.41) is 1.12. The molecule has 0 amide bonds. The highest BCUT2D eigenvalue weighted by Gasteiger charge is 2.17. The van der Waals surface area contributed by atoms with E-state index in [4.69, 9.17) is 5.73 Å². The fraction of sp³-hybridized carbons (Fsp3) is 0.182. The number of benzene rings is 1. The van der Waals surface area contributed by atoms with E-state index in [-0.39, 0.29) is 11.3 Å². The molecular formula is C11H10F2N2S. The third kappa shape index (κ3) is 1.78. The summed E-state index contributed by atoms with van der Waals surface area (Å²) < 4.78 is 27.0. The predicted octanol–water partition coefficient (Wildman–Crippen LogP) is 3.23. The Kier molecular flexibility index (Phi) is 2.87. The van der Waals surface area contributed by atoms with E-state index < -0.39 is 11.6 Å². The van der Waals surface area contributed by atoms with Crippen LogP contribution >= 0.6 is 11.3 Å². The van der Waals surface area contributed by atoms with Crippen LogP contribution in [0.15, 0.2) is 18.2 Å². The molecule has 1 heterocycles. The molecule has 0 radical (unpaired) electrons. The van der Waals surface area contributed by atoms with Crippen molar-refractivity contribution in [1.29, 1.82) is 0 Å². The fourth-order valence-electron chi connectivity index (χ4n) is 1.43. The van der Waals surface area contributed by atoms with Gasteiger partial charge in [0, 0.05) is 0 Å². The Hall–Kier alpha value is -1.49. The first-order chi connectivity index (χ1) is 7.63. The Morgan fingerprint density at radius 3 is 2.44 bits per heavy atom. The summed E-state index contributed by atoms with van der Waals surface area (Å²) in [6.45, 7) is 1.92. The number of anilines is 1. The Balaban J connectivity index is 2.62. The molecule has 0 unspecified atom stereocenters. The number of hydrogen-bond acceptors (Lipinski definition) is 3. The van der Waals surface area contributed by atoms with E-state index in [9.17, 15) is 8.78 Å².